The van der Waals surface area contributed by atoms with Gasteiger partial charge in [-0.05, 0) is 36.0 Å². The Balaban J connectivity index is 1.43. The number of hydrogen-bond acceptors (Lipinski definition) is 3. The minimum Gasteiger partial charge on any atom is -0.342 e. The molecule has 5 nitrogen and oxygen atoms in total. The number of nitrogens with zero attached hydrogens (tertiary/aromatic N) is 3. The molecule has 0 unspecified atom stereocenters. The van der Waals surface area contributed by atoms with E-state index in [1.54, 1.807) is 6.08 Å². The predicted molar refractivity (Wildman–Crippen MR) is 118 cm³/mol. The Labute approximate surface area is 175 Å². The van der Waals surface area contributed by atoms with Crippen LogP contribution in [0.4, 0.5) is 0 Å². The summed E-state index contributed by atoms with van der Waals surface area (Å²) in [4.78, 5) is 31.2. The summed E-state index contributed by atoms with van der Waals surface area (Å²) < 4.78 is 0. The van der Waals surface area contributed by atoms with E-state index in [1.165, 1.54) is 18.4 Å². The SMILES string of the molecule is CC(C)c1ccc(/C=C/C(=O)N2CCN(CC(=O)N3CCCCCC3)CC2)cc1. The van der Waals surface area contributed by atoms with Gasteiger partial charge in [-0.15, -0.1) is 0 Å². The van der Waals surface area contributed by atoms with Gasteiger partial charge in [0.05, 0.1) is 6.54 Å². The number of benzene rings is 1. The van der Waals surface area contributed by atoms with Gasteiger partial charge in [-0.25, -0.2) is 0 Å². The molecular weight excluding hydrogens is 362 g/mol. The first-order valence-electron chi connectivity index (χ1n) is 11.1. The first-order valence-corrected chi connectivity index (χ1v) is 11.1. The summed E-state index contributed by atoms with van der Waals surface area (Å²) in [6.45, 7) is 9.54. The molecule has 0 aromatic heterocycles. The van der Waals surface area contributed by atoms with Crippen molar-refractivity contribution in [1.29, 1.82) is 0 Å². The summed E-state index contributed by atoms with van der Waals surface area (Å²) in [7, 11) is 0. The molecule has 2 aliphatic heterocycles. The smallest absolute Gasteiger partial charge is 0.246 e. The Morgan fingerprint density at radius 2 is 1.48 bits per heavy atom. The van der Waals surface area contributed by atoms with Crippen molar-refractivity contribution in [3.8, 4) is 0 Å². The molecule has 0 aliphatic carbocycles. The van der Waals surface area contributed by atoms with Crippen molar-refractivity contribution in [3.63, 3.8) is 0 Å². The summed E-state index contributed by atoms with van der Waals surface area (Å²) in [6.07, 6.45) is 8.28. The number of hydrogen-bond donors (Lipinski definition) is 0. The van der Waals surface area contributed by atoms with E-state index in [0.29, 0.717) is 25.6 Å². The van der Waals surface area contributed by atoms with Crippen molar-refractivity contribution in [1.82, 2.24) is 14.7 Å². The number of amides is 2. The quantitative estimate of drug-likeness (QED) is 0.716. The molecule has 0 saturated carbocycles. The molecule has 0 bridgehead atoms. The van der Waals surface area contributed by atoms with Crippen LogP contribution in [0.2, 0.25) is 0 Å². The van der Waals surface area contributed by atoms with Gasteiger partial charge in [-0.2, -0.15) is 0 Å². The van der Waals surface area contributed by atoms with Crippen molar-refractivity contribution in [2.24, 2.45) is 0 Å². The Hall–Kier alpha value is -2.14. The number of rotatable bonds is 5. The zero-order valence-electron chi connectivity index (χ0n) is 18.0. The highest BCUT2D eigenvalue weighted by atomic mass is 16.2. The highest BCUT2D eigenvalue weighted by molar-refractivity contribution is 5.91. The summed E-state index contributed by atoms with van der Waals surface area (Å²) in [5.41, 5.74) is 2.35. The summed E-state index contributed by atoms with van der Waals surface area (Å²) in [5, 5.41) is 0. The molecule has 2 aliphatic rings. The van der Waals surface area contributed by atoms with Crippen LogP contribution < -0.4 is 0 Å². The van der Waals surface area contributed by atoms with Gasteiger partial charge in [0.1, 0.15) is 0 Å². The van der Waals surface area contributed by atoms with Crippen molar-refractivity contribution in [2.75, 3.05) is 45.8 Å². The van der Waals surface area contributed by atoms with Crippen molar-refractivity contribution >= 4 is 17.9 Å². The van der Waals surface area contributed by atoms with Gasteiger partial charge in [0, 0.05) is 45.3 Å². The molecule has 0 atom stereocenters. The number of carbonyl (C=O) groups is 2. The maximum atomic E-state index is 12.6. The van der Waals surface area contributed by atoms with Crippen LogP contribution in [0.5, 0.6) is 0 Å². The van der Waals surface area contributed by atoms with Crippen LogP contribution in [0.3, 0.4) is 0 Å². The van der Waals surface area contributed by atoms with Gasteiger partial charge in [-0.1, -0.05) is 51.0 Å². The van der Waals surface area contributed by atoms with Gasteiger partial charge in [0.2, 0.25) is 11.8 Å². The molecule has 2 heterocycles. The number of likely N-dealkylation sites (tertiary alicyclic amines) is 1. The lowest BCUT2D eigenvalue weighted by Gasteiger charge is -2.34. The van der Waals surface area contributed by atoms with Crippen LogP contribution in [0.25, 0.3) is 6.08 Å². The van der Waals surface area contributed by atoms with Gasteiger partial charge < -0.3 is 9.80 Å². The minimum absolute atomic E-state index is 0.0523. The third-order valence-corrected chi connectivity index (χ3v) is 6.02. The average Bonchev–Trinajstić information content (AvgIpc) is 3.02. The van der Waals surface area contributed by atoms with Crippen LogP contribution >= 0.6 is 0 Å². The number of piperazine rings is 1. The fourth-order valence-electron chi connectivity index (χ4n) is 4.00. The molecule has 0 radical (unpaired) electrons. The lowest BCUT2D eigenvalue weighted by Crippen LogP contribution is -2.51. The van der Waals surface area contributed by atoms with Gasteiger partial charge in [0.25, 0.3) is 0 Å². The van der Waals surface area contributed by atoms with E-state index >= 15 is 0 Å². The third-order valence-electron chi connectivity index (χ3n) is 6.02. The molecule has 3 rings (SSSR count). The molecular formula is C24H35N3O2. The third kappa shape index (κ3) is 6.43. The van der Waals surface area contributed by atoms with Crippen molar-refractivity contribution < 1.29 is 9.59 Å². The lowest BCUT2D eigenvalue weighted by atomic mass is 10.0. The van der Waals surface area contributed by atoms with E-state index in [0.717, 1.165) is 44.6 Å². The number of carbonyl (C=O) groups excluding carboxylic acids is 2. The van der Waals surface area contributed by atoms with E-state index in [2.05, 4.69) is 43.0 Å². The van der Waals surface area contributed by atoms with Gasteiger partial charge in [0.15, 0.2) is 0 Å². The van der Waals surface area contributed by atoms with Crippen molar-refractivity contribution in [2.45, 2.75) is 45.4 Å². The lowest BCUT2D eigenvalue weighted by molar-refractivity contribution is -0.133. The monoisotopic (exact) mass is 397 g/mol. The Morgan fingerprint density at radius 1 is 0.862 bits per heavy atom. The standard InChI is InChI=1S/C24H35N3O2/c1-20(2)22-10-7-21(8-11-22)9-12-23(28)27-17-15-25(16-18-27)19-24(29)26-13-5-3-4-6-14-26/h7-12,20H,3-6,13-19H2,1-2H3/b12-9+. The molecule has 5 heteroatoms. The summed E-state index contributed by atoms with van der Waals surface area (Å²) >= 11 is 0. The second-order valence-electron chi connectivity index (χ2n) is 8.55. The second-order valence-corrected chi connectivity index (χ2v) is 8.55. The molecule has 2 saturated heterocycles. The zero-order valence-corrected chi connectivity index (χ0v) is 18.0. The fourth-order valence-corrected chi connectivity index (χ4v) is 4.00. The Morgan fingerprint density at radius 3 is 2.07 bits per heavy atom. The van der Waals surface area contributed by atoms with E-state index in [1.807, 2.05) is 15.9 Å². The summed E-state index contributed by atoms with van der Waals surface area (Å²) in [5.74, 6) is 0.810. The largest absolute Gasteiger partial charge is 0.342 e. The minimum atomic E-state index is 0.0523. The molecule has 1 aromatic rings. The maximum absolute atomic E-state index is 12.6. The molecule has 1 aromatic carbocycles. The van der Waals surface area contributed by atoms with Crippen molar-refractivity contribution in [3.05, 3.63) is 41.5 Å². The molecule has 158 valence electrons. The van der Waals surface area contributed by atoms with Crippen LogP contribution in [0, 0.1) is 0 Å². The van der Waals surface area contributed by atoms with E-state index in [9.17, 15) is 9.59 Å². The Bertz CT molecular complexity index is 695. The van der Waals surface area contributed by atoms with E-state index in [4.69, 9.17) is 0 Å². The van der Waals surface area contributed by atoms with E-state index < -0.39 is 0 Å². The normalized spacial score (nSPS) is 19.0. The Kier molecular flexibility index (Phi) is 7.87. The van der Waals surface area contributed by atoms with E-state index in [-0.39, 0.29) is 11.8 Å². The molecule has 0 spiro atoms. The maximum Gasteiger partial charge on any atom is 0.246 e. The molecule has 0 N–H and O–H groups in total. The van der Waals surface area contributed by atoms with Crippen LogP contribution in [-0.4, -0.2) is 72.3 Å². The first-order chi connectivity index (χ1) is 14.0. The molecule has 2 fully saturated rings. The second kappa shape index (κ2) is 10.6. The average molecular weight is 398 g/mol. The highest BCUT2D eigenvalue weighted by Crippen LogP contribution is 2.15. The highest BCUT2D eigenvalue weighted by Gasteiger charge is 2.23. The topological polar surface area (TPSA) is 43.9 Å². The predicted octanol–water partition coefficient (Wildman–Crippen LogP) is 3.37. The van der Waals surface area contributed by atoms with Gasteiger partial charge in [-0.3, -0.25) is 14.5 Å². The van der Waals surface area contributed by atoms with Crippen LogP contribution in [-0.2, 0) is 9.59 Å². The first kappa shape index (κ1) is 21.6. The summed E-state index contributed by atoms with van der Waals surface area (Å²) in [6, 6.07) is 8.36. The molecule has 29 heavy (non-hydrogen) atoms. The van der Waals surface area contributed by atoms with Crippen LogP contribution in [0.15, 0.2) is 30.3 Å². The fraction of sp³-hybridized carbons (Fsp3) is 0.583. The zero-order chi connectivity index (χ0) is 20.6. The van der Waals surface area contributed by atoms with Crippen LogP contribution in [0.1, 0.15) is 56.6 Å². The van der Waals surface area contributed by atoms with Gasteiger partial charge >= 0.3 is 0 Å². The molecule has 2 amide bonds.